The number of ether oxygens (including phenoxy) is 1. The van der Waals surface area contributed by atoms with Crippen LogP contribution in [0.3, 0.4) is 0 Å². The highest BCUT2D eigenvalue weighted by Crippen LogP contribution is 2.32. The van der Waals surface area contributed by atoms with Gasteiger partial charge in [-0.2, -0.15) is 0 Å². The fourth-order valence-electron chi connectivity index (χ4n) is 2.37. The summed E-state index contributed by atoms with van der Waals surface area (Å²) in [7, 11) is 0. The maximum absolute atomic E-state index is 11.9. The molecule has 1 aromatic heterocycles. The van der Waals surface area contributed by atoms with Crippen LogP contribution in [0.5, 0.6) is 5.88 Å². The lowest BCUT2D eigenvalue weighted by Crippen LogP contribution is -2.32. The number of hydrogen-bond acceptors (Lipinski definition) is 3. The van der Waals surface area contributed by atoms with Crippen molar-refractivity contribution in [1.29, 1.82) is 0 Å². The summed E-state index contributed by atoms with van der Waals surface area (Å²) in [5, 5.41) is 0. The monoisotopic (exact) mass is 246 g/mol. The molecule has 0 bridgehead atoms. The maximum Gasteiger partial charge on any atom is 0.225 e. The minimum atomic E-state index is 0.0991. The Bertz CT molecular complexity index is 457. The molecule has 2 aliphatic rings. The second-order valence-corrected chi connectivity index (χ2v) is 5.20. The molecule has 4 nitrogen and oxygen atoms in total. The van der Waals surface area contributed by atoms with Crippen molar-refractivity contribution in [3.63, 3.8) is 0 Å². The molecule has 4 heteroatoms. The highest BCUT2D eigenvalue weighted by atomic mass is 16.5. The quantitative estimate of drug-likeness (QED) is 0.816. The molecule has 3 rings (SSSR count). The number of pyridine rings is 1. The smallest absolute Gasteiger partial charge is 0.225 e. The van der Waals surface area contributed by atoms with Crippen molar-refractivity contribution in [3.8, 4) is 5.88 Å². The van der Waals surface area contributed by atoms with E-state index in [0.717, 1.165) is 31.5 Å². The van der Waals surface area contributed by atoms with Gasteiger partial charge in [0.2, 0.25) is 11.8 Å². The minimum absolute atomic E-state index is 0.0991. The molecular weight excluding hydrogens is 228 g/mol. The van der Waals surface area contributed by atoms with Crippen LogP contribution in [0.25, 0.3) is 0 Å². The van der Waals surface area contributed by atoms with Gasteiger partial charge in [0.1, 0.15) is 6.10 Å². The Labute approximate surface area is 107 Å². The number of likely N-dealkylation sites (tertiary alicyclic amines) is 1. The number of nitrogens with zero attached hydrogens (tertiary/aromatic N) is 2. The van der Waals surface area contributed by atoms with Gasteiger partial charge in [-0.05, 0) is 25.8 Å². The zero-order chi connectivity index (χ0) is 12.5. The van der Waals surface area contributed by atoms with Crippen LogP contribution in [0.15, 0.2) is 18.2 Å². The van der Waals surface area contributed by atoms with Crippen molar-refractivity contribution >= 4 is 5.91 Å². The van der Waals surface area contributed by atoms with Crippen LogP contribution < -0.4 is 4.74 Å². The van der Waals surface area contributed by atoms with Crippen LogP contribution in [0.2, 0.25) is 0 Å². The molecule has 1 aliphatic heterocycles. The van der Waals surface area contributed by atoms with Crippen LogP contribution in [0.1, 0.15) is 25.0 Å². The van der Waals surface area contributed by atoms with Crippen LogP contribution in [-0.2, 0) is 4.79 Å². The second kappa shape index (κ2) is 4.59. The van der Waals surface area contributed by atoms with E-state index in [-0.39, 0.29) is 6.10 Å². The first-order valence-electron chi connectivity index (χ1n) is 6.61. The Morgan fingerprint density at radius 3 is 2.94 bits per heavy atom. The summed E-state index contributed by atoms with van der Waals surface area (Å²) < 4.78 is 5.83. The van der Waals surface area contributed by atoms with Gasteiger partial charge in [0.05, 0.1) is 6.54 Å². The van der Waals surface area contributed by atoms with Crippen molar-refractivity contribution in [2.75, 3.05) is 13.1 Å². The van der Waals surface area contributed by atoms with Gasteiger partial charge in [-0.3, -0.25) is 4.79 Å². The standard InChI is InChI=1S/C14H18N2O2/c1-10-3-2-4-13(15-10)18-12-7-8-16(9-12)14(17)11-5-6-11/h2-4,11-12H,5-9H2,1H3/t12-/m0/s1. The number of aryl methyl sites for hydroxylation is 1. The number of carbonyl (C=O) groups excluding carboxylic acids is 1. The van der Waals surface area contributed by atoms with Crippen LogP contribution >= 0.6 is 0 Å². The van der Waals surface area contributed by atoms with Crippen LogP contribution in [-0.4, -0.2) is 35.0 Å². The lowest BCUT2D eigenvalue weighted by molar-refractivity contribution is -0.131. The second-order valence-electron chi connectivity index (χ2n) is 5.20. The lowest BCUT2D eigenvalue weighted by atomic mass is 10.3. The number of aromatic nitrogens is 1. The molecule has 1 saturated carbocycles. The van der Waals surface area contributed by atoms with Gasteiger partial charge >= 0.3 is 0 Å². The minimum Gasteiger partial charge on any atom is -0.472 e. The van der Waals surface area contributed by atoms with E-state index in [1.54, 1.807) is 0 Å². The van der Waals surface area contributed by atoms with Crippen molar-refractivity contribution in [1.82, 2.24) is 9.88 Å². The molecule has 18 heavy (non-hydrogen) atoms. The predicted molar refractivity (Wildman–Crippen MR) is 67.3 cm³/mol. The maximum atomic E-state index is 11.9. The Morgan fingerprint density at radius 2 is 2.22 bits per heavy atom. The highest BCUT2D eigenvalue weighted by Gasteiger charge is 2.37. The predicted octanol–water partition coefficient (Wildman–Crippen LogP) is 1.78. The number of hydrogen-bond donors (Lipinski definition) is 0. The average molecular weight is 246 g/mol. The lowest BCUT2D eigenvalue weighted by Gasteiger charge is -2.16. The molecule has 0 radical (unpaired) electrons. The van der Waals surface area contributed by atoms with Gasteiger partial charge < -0.3 is 9.64 Å². The molecule has 0 N–H and O–H groups in total. The molecule has 0 unspecified atom stereocenters. The topological polar surface area (TPSA) is 42.4 Å². The first kappa shape index (κ1) is 11.5. The molecule has 96 valence electrons. The summed E-state index contributed by atoms with van der Waals surface area (Å²) in [6, 6.07) is 5.77. The van der Waals surface area contributed by atoms with Crippen molar-refractivity contribution in [2.45, 2.75) is 32.3 Å². The van der Waals surface area contributed by atoms with E-state index in [4.69, 9.17) is 4.74 Å². The normalized spacial score (nSPS) is 23.2. The van der Waals surface area contributed by atoms with E-state index < -0.39 is 0 Å². The molecule has 1 atom stereocenters. The van der Waals surface area contributed by atoms with Gasteiger partial charge in [-0.15, -0.1) is 0 Å². The van der Waals surface area contributed by atoms with Gasteiger partial charge in [0, 0.05) is 30.6 Å². The summed E-state index contributed by atoms with van der Waals surface area (Å²) in [6.45, 7) is 3.49. The van der Waals surface area contributed by atoms with Crippen molar-refractivity contribution < 1.29 is 9.53 Å². The van der Waals surface area contributed by atoms with Crippen LogP contribution in [0, 0.1) is 12.8 Å². The Balaban J connectivity index is 1.57. The molecule has 1 saturated heterocycles. The molecule has 0 spiro atoms. The fourth-order valence-corrected chi connectivity index (χ4v) is 2.37. The Hall–Kier alpha value is -1.58. The third-order valence-electron chi connectivity index (χ3n) is 3.53. The van der Waals surface area contributed by atoms with Gasteiger partial charge in [0.15, 0.2) is 0 Å². The zero-order valence-electron chi connectivity index (χ0n) is 10.6. The third-order valence-corrected chi connectivity index (χ3v) is 3.53. The third kappa shape index (κ3) is 2.47. The van der Waals surface area contributed by atoms with Crippen LogP contribution in [0.4, 0.5) is 0 Å². The molecule has 1 aromatic rings. The van der Waals surface area contributed by atoms with E-state index in [9.17, 15) is 4.79 Å². The van der Waals surface area contributed by atoms with Gasteiger partial charge in [0.25, 0.3) is 0 Å². The first-order chi connectivity index (χ1) is 8.72. The average Bonchev–Trinajstić information content (AvgIpc) is 3.09. The number of rotatable bonds is 3. The van der Waals surface area contributed by atoms with E-state index in [1.165, 1.54) is 0 Å². The molecule has 1 aliphatic carbocycles. The van der Waals surface area contributed by atoms with E-state index >= 15 is 0 Å². The van der Waals surface area contributed by atoms with E-state index in [1.807, 2.05) is 30.0 Å². The Morgan fingerprint density at radius 1 is 1.39 bits per heavy atom. The Kier molecular flexibility index (Phi) is 2.94. The highest BCUT2D eigenvalue weighted by molar-refractivity contribution is 5.81. The van der Waals surface area contributed by atoms with E-state index in [0.29, 0.717) is 24.2 Å². The SMILES string of the molecule is Cc1cccc(O[C@H]2CCN(C(=O)C3CC3)C2)n1. The first-order valence-corrected chi connectivity index (χ1v) is 6.61. The molecule has 0 aromatic carbocycles. The zero-order valence-corrected chi connectivity index (χ0v) is 10.6. The molecule has 2 fully saturated rings. The summed E-state index contributed by atoms with van der Waals surface area (Å²) in [6.07, 6.45) is 3.15. The number of amides is 1. The largest absolute Gasteiger partial charge is 0.472 e. The van der Waals surface area contributed by atoms with E-state index in [2.05, 4.69) is 4.98 Å². The summed E-state index contributed by atoms with van der Waals surface area (Å²) in [4.78, 5) is 18.2. The van der Waals surface area contributed by atoms with Gasteiger partial charge in [-0.1, -0.05) is 6.07 Å². The summed E-state index contributed by atoms with van der Waals surface area (Å²) in [5.41, 5.74) is 0.955. The fraction of sp³-hybridized carbons (Fsp3) is 0.571. The van der Waals surface area contributed by atoms with Crippen molar-refractivity contribution in [3.05, 3.63) is 23.9 Å². The molecule has 2 heterocycles. The van der Waals surface area contributed by atoms with Crippen molar-refractivity contribution in [2.24, 2.45) is 5.92 Å². The summed E-state index contributed by atoms with van der Waals surface area (Å²) >= 11 is 0. The number of carbonyl (C=O) groups is 1. The molecular formula is C14H18N2O2. The summed E-state index contributed by atoms with van der Waals surface area (Å²) in [5.74, 6) is 1.29. The molecule has 1 amide bonds. The van der Waals surface area contributed by atoms with Gasteiger partial charge in [-0.25, -0.2) is 4.98 Å².